The number of nitrogens with zero attached hydrogens (tertiary/aromatic N) is 3. The molecule has 0 unspecified atom stereocenters. The Kier molecular flexibility index (Phi) is 5.79. The maximum Gasteiger partial charge on any atom is 0.410 e. The Morgan fingerprint density at radius 1 is 1.19 bits per heavy atom. The van der Waals surface area contributed by atoms with Gasteiger partial charge in [-0.15, -0.1) is 0 Å². The van der Waals surface area contributed by atoms with Crippen LogP contribution in [0.1, 0.15) is 39.2 Å². The van der Waals surface area contributed by atoms with Gasteiger partial charge < -0.3 is 19.3 Å². The summed E-state index contributed by atoms with van der Waals surface area (Å²) in [6, 6.07) is 4.95. The smallest absolute Gasteiger partial charge is 0.410 e. The third-order valence-corrected chi connectivity index (χ3v) is 5.64. The number of aryl methyl sites for hydroxylation is 1. The third-order valence-electron chi connectivity index (χ3n) is 5.64. The maximum atomic E-state index is 14.9. The highest BCUT2D eigenvalue weighted by Gasteiger charge is 2.31. The fraction of sp³-hybridized carbons (Fsp3) is 0.458. The molecule has 0 spiro atoms. The quantitative estimate of drug-likeness (QED) is 0.714. The lowest BCUT2D eigenvalue weighted by atomic mass is 9.96. The molecular weight excluding hydrogens is 413 g/mol. The molecule has 0 N–H and O–H groups in total. The van der Waals surface area contributed by atoms with Crippen molar-refractivity contribution < 1.29 is 23.5 Å². The normalized spacial score (nSPS) is 18.5. The van der Waals surface area contributed by atoms with Gasteiger partial charge in [0.25, 0.3) is 0 Å². The molecule has 2 aliphatic heterocycles. The lowest BCUT2D eigenvalue weighted by Crippen LogP contribution is -2.36. The molecule has 2 aromatic rings. The average molecular weight is 442 g/mol. The van der Waals surface area contributed by atoms with Crippen molar-refractivity contribution in [2.45, 2.75) is 51.7 Å². The number of anilines is 1. The first kappa shape index (κ1) is 22.0. The number of halogens is 1. The van der Waals surface area contributed by atoms with Gasteiger partial charge in [-0.25, -0.2) is 9.18 Å². The van der Waals surface area contributed by atoms with Gasteiger partial charge in [-0.3, -0.25) is 9.78 Å². The molecule has 0 saturated carbocycles. The lowest BCUT2D eigenvalue weighted by molar-refractivity contribution is -0.118. The third kappa shape index (κ3) is 4.69. The Hall–Kier alpha value is -3.16. The summed E-state index contributed by atoms with van der Waals surface area (Å²) in [5.41, 5.74) is 2.01. The van der Waals surface area contributed by atoms with Gasteiger partial charge in [0.05, 0.1) is 12.7 Å². The first-order chi connectivity index (χ1) is 15.1. The molecule has 0 aliphatic carbocycles. The van der Waals surface area contributed by atoms with E-state index in [1.54, 1.807) is 36.5 Å². The number of aromatic nitrogens is 1. The van der Waals surface area contributed by atoms with Crippen LogP contribution < -0.4 is 9.64 Å². The summed E-state index contributed by atoms with van der Waals surface area (Å²) in [6.45, 7) is 6.48. The van der Waals surface area contributed by atoms with Crippen molar-refractivity contribution in [1.29, 1.82) is 0 Å². The van der Waals surface area contributed by atoms with Crippen molar-refractivity contribution in [3.05, 3.63) is 42.0 Å². The number of hydrogen-bond donors (Lipinski definition) is 0. The topological polar surface area (TPSA) is 72.0 Å². The second kappa shape index (κ2) is 8.41. The van der Waals surface area contributed by atoms with Crippen LogP contribution in [0.25, 0.3) is 11.1 Å². The zero-order valence-electron chi connectivity index (χ0n) is 18.9. The van der Waals surface area contributed by atoms with Crippen LogP contribution in [0.3, 0.4) is 0 Å². The van der Waals surface area contributed by atoms with Crippen LogP contribution >= 0.6 is 0 Å². The minimum absolute atomic E-state index is 0.0151. The molecule has 1 aromatic carbocycles. The molecule has 7 nitrogen and oxygen atoms in total. The first-order valence-electron chi connectivity index (χ1n) is 10.8. The number of rotatable bonds is 3. The number of hydrogen-bond acceptors (Lipinski definition) is 5. The van der Waals surface area contributed by atoms with E-state index in [1.165, 1.54) is 11.0 Å². The Balaban J connectivity index is 1.48. The zero-order chi connectivity index (χ0) is 23.0. The van der Waals surface area contributed by atoms with Gasteiger partial charge in [0.2, 0.25) is 5.91 Å². The van der Waals surface area contributed by atoms with Crippen LogP contribution in [0.2, 0.25) is 0 Å². The lowest BCUT2D eigenvalue weighted by Gasteiger charge is -2.26. The second-order valence-corrected chi connectivity index (χ2v) is 9.28. The van der Waals surface area contributed by atoms with E-state index >= 15 is 0 Å². The minimum Gasteiger partial charge on any atom is -0.487 e. The number of amides is 2. The number of benzene rings is 1. The van der Waals surface area contributed by atoms with E-state index in [-0.39, 0.29) is 18.1 Å². The van der Waals surface area contributed by atoms with E-state index in [0.717, 1.165) is 5.56 Å². The van der Waals surface area contributed by atoms with E-state index < -0.39 is 11.4 Å². The molecule has 8 heteroatoms. The summed E-state index contributed by atoms with van der Waals surface area (Å²) in [5.74, 6) is 0.0860. The second-order valence-electron chi connectivity index (χ2n) is 9.28. The summed E-state index contributed by atoms with van der Waals surface area (Å²) in [4.78, 5) is 31.5. The number of carbonyl (C=O) groups excluding carboxylic acids is 2. The number of ether oxygens (including phenoxy) is 2. The molecule has 32 heavy (non-hydrogen) atoms. The van der Waals surface area contributed by atoms with Crippen LogP contribution in [0.15, 0.2) is 30.6 Å². The molecule has 1 atom stereocenters. The summed E-state index contributed by atoms with van der Waals surface area (Å²) in [6.07, 6.45) is 4.31. The maximum absolute atomic E-state index is 14.9. The molecular formula is C24H28FN3O4. The van der Waals surface area contributed by atoms with Crippen molar-refractivity contribution in [1.82, 2.24) is 9.88 Å². The number of pyridine rings is 1. The van der Waals surface area contributed by atoms with Gasteiger partial charge in [0, 0.05) is 49.4 Å². The summed E-state index contributed by atoms with van der Waals surface area (Å²) >= 11 is 0. The van der Waals surface area contributed by atoms with Crippen molar-refractivity contribution in [2.24, 2.45) is 0 Å². The fourth-order valence-corrected chi connectivity index (χ4v) is 4.02. The highest BCUT2D eigenvalue weighted by Crippen LogP contribution is 2.34. The predicted octanol–water partition coefficient (Wildman–Crippen LogP) is 4.18. The van der Waals surface area contributed by atoms with Gasteiger partial charge in [-0.2, -0.15) is 0 Å². The molecule has 3 heterocycles. The Labute approximate surface area is 187 Å². The van der Waals surface area contributed by atoms with Crippen LogP contribution in [-0.4, -0.2) is 53.7 Å². The molecule has 0 radical (unpaired) electrons. The van der Waals surface area contributed by atoms with E-state index in [1.807, 2.05) is 20.8 Å². The molecule has 2 amide bonds. The van der Waals surface area contributed by atoms with E-state index in [4.69, 9.17) is 9.47 Å². The Morgan fingerprint density at radius 3 is 2.72 bits per heavy atom. The number of carbonyl (C=O) groups is 2. The van der Waals surface area contributed by atoms with Gasteiger partial charge in [-0.1, -0.05) is 0 Å². The first-order valence-corrected chi connectivity index (χ1v) is 10.8. The molecule has 1 fully saturated rings. The Bertz CT molecular complexity index is 1050. The van der Waals surface area contributed by atoms with Gasteiger partial charge in [0.15, 0.2) is 0 Å². The van der Waals surface area contributed by atoms with Crippen LogP contribution in [0, 0.1) is 5.82 Å². The van der Waals surface area contributed by atoms with Gasteiger partial charge >= 0.3 is 6.09 Å². The molecule has 1 saturated heterocycles. The SMILES string of the molecule is CN1C(=O)CCc2cc(-c3cncc(O[C@H]4CCN(C(=O)OC(C)(C)C)C4)c3)c(F)cc21. The van der Waals surface area contributed by atoms with Crippen molar-refractivity contribution in [3.8, 4) is 16.9 Å². The van der Waals surface area contributed by atoms with E-state index in [0.29, 0.717) is 54.9 Å². The predicted molar refractivity (Wildman–Crippen MR) is 118 cm³/mol. The highest BCUT2D eigenvalue weighted by atomic mass is 19.1. The van der Waals surface area contributed by atoms with Gasteiger partial charge in [-0.05, 0) is 51.0 Å². The van der Waals surface area contributed by atoms with E-state index in [2.05, 4.69) is 4.98 Å². The van der Waals surface area contributed by atoms with Gasteiger partial charge in [0.1, 0.15) is 23.3 Å². The van der Waals surface area contributed by atoms with Crippen molar-refractivity contribution in [2.75, 3.05) is 25.0 Å². The molecule has 170 valence electrons. The summed E-state index contributed by atoms with van der Waals surface area (Å²) < 4.78 is 26.4. The molecule has 1 aromatic heterocycles. The minimum atomic E-state index is -0.546. The van der Waals surface area contributed by atoms with Crippen molar-refractivity contribution in [3.63, 3.8) is 0 Å². The average Bonchev–Trinajstić information content (AvgIpc) is 3.18. The molecule has 0 bridgehead atoms. The monoisotopic (exact) mass is 441 g/mol. The van der Waals surface area contributed by atoms with Crippen LogP contribution in [0.5, 0.6) is 5.75 Å². The standard InChI is InChI=1S/C24H28FN3O4/c1-24(2,3)32-23(30)28-8-7-17(14-28)31-18-9-16(12-26-13-18)19-10-15-5-6-22(29)27(4)21(15)11-20(19)25/h9-13,17H,5-8,14H2,1-4H3/t17-/m0/s1. The summed E-state index contributed by atoms with van der Waals surface area (Å²) in [7, 11) is 1.66. The zero-order valence-corrected chi connectivity index (χ0v) is 18.9. The van der Waals surface area contributed by atoms with Crippen molar-refractivity contribution >= 4 is 17.7 Å². The molecule has 2 aliphatic rings. The highest BCUT2D eigenvalue weighted by molar-refractivity contribution is 5.96. The Morgan fingerprint density at radius 2 is 1.97 bits per heavy atom. The number of likely N-dealkylation sites (tertiary alicyclic amines) is 1. The molecule has 4 rings (SSSR count). The van der Waals surface area contributed by atoms with E-state index in [9.17, 15) is 14.0 Å². The fourth-order valence-electron chi connectivity index (χ4n) is 4.02. The number of fused-ring (bicyclic) bond motifs is 1. The summed E-state index contributed by atoms with van der Waals surface area (Å²) in [5, 5.41) is 0. The van der Waals surface area contributed by atoms with Crippen LogP contribution in [0.4, 0.5) is 14.9 Å². The largest absolute Gasteiger partial charge is 0.487 e. The van der Waals surface area contributed by atoms with Crippen LogP contribution in [-0.2, 0) is 16.0 Å².